The second kappa shape index (κ2) is 2.00. The van der Waals surface area contributed by atoms with E-state index in [1.54, 1.807) is 0 Å². The van der Waals surface area contributed by atoms with E-state index in [9.17, 15) is 9.59 Å². The summed E-state index contributed by atoms with van der Waals surface area (Å²) in [6.07, 6.45) is 3.19. The van der Waals surface area contributed by atoms with Gasteiger partial charge in [-0.2, -0.15) is 0 Å². The molecule has 3 heterocycles. The first-order chi connectivity index (χ1) is 6.20. The predicted molar refractivity (Wildman–Crippen MR) is 40.8 cm³/mol. The molecule has 0 aromatic rings. The van der Waals surface area contributed by atoms with Gasteiger partial charge in [-0.3, -0.25) is 9.59 Å². The summed E-state index contributed by atoms with van der Waals surface area (Å²) in [5.74, 6) is 3.95. The van der Waals surface area contributed by atoms with E-state index in [4.69, 9.17) is 10.6 Å². The monoisotopic (exact) mass is 180 g/mol. The van der Waals surface area contributed by atoms with E-state index < -0.39 is 0 Å². The van der Waals surface area contributed by atoms with E-state index in [1.165, 1.54) is 0 Å². The van der Waals surface area contributed by atoms with E-state index >= 15 is 0 Å². The van der Waals surface area contributed by atoms with Gasteiger partial charge in [0.2, 0.25) is 0 Å². The molecular formula is C8H8N2O3. The van der Waals surface area contributed by atoms with E-state index in [-0.39, 0.29) is 35.9 Å². The summed E-state index contributed by atoms with van der Waals surface area (Å²) in [7, 11) is 0. The lowest BCUT2D eigenvalue weighted by Gasteiger charge is -2.10. The van der Waals surface area contributed by atoms with Crippen molar-refractivity contribution in [3.63, 3.8) is 0 Å². The van der Waals surface area contributed by atoms with Crippen LogP contribution in [0.25, 0.3) is 0 Å². The Morgan fingerprint density at radius 3 is 2.08 bits per heavy atom. The Bertz CT molecular complexity index is 308. The number of carbonyl (C=O) groups excluding carboxylic acids is 2. The van der Waals surface area contributed by atoms with Crippen molar-refractivity contribution in [2.45, 2.75) is 12.2 Å². The molecule has 13 heavy (non-hydrogen) atoms. The summed E-state index contributed by atoms with van der Waals surface area (Å²) < 4.78 is 5.39. The molecule has 3 aliphatic heterocycles. The Kier molecular flexibility index (Phi) is 1.11. The average molecular weight is 180 g/mol. The van der Waals surface area contributed by atoms with E-state index in [0.29, 0.717) is 0 Å². The molecule has 0 aromatic heterocycles. The Labute approximate surface area is 74.1 Å². The quantitative estimate of drug-likeness (QED) is 0.220. The first kappa shape index (κ1) is 7.23. The average Bonchev–Trinajstić information content (AvgIpc) is 2.76. The van der Waals surface area contributed by atoms with Gasteiger partial charge in [0.05, 0.1) is 24.0 Å². The number of hydrazine groups is 1. The molecule has 5 nitrogen and oxygen atoms in total. The molecule has 0 aliphatic carbocycles. The highest BCUT2D eigenvalue weighted by molar-refractivity contribution is 6.06. The number of rotatable bonds is 0. The third-order valence-electron chi connectivity index (χ3n) is 2.94. The topological polar surface area (TPSA) is 72.6 Å². The largest absolute Gasteiger partial charge is 0.365 e. The van der Waals surface area contributed by atoms with Crippen molar-refractivity contribution >= 4 is 11.8 Å². The zero-order valence-electron chi connectivity index (χ0n) is 6.71. The molecule has 3 rings (SSSR count). The molecule has 2 amide bonds. The number of carbonyl (C=O) groups is 2. The molecule has 0 radical (unpaired) electrons. The first-order valence-electron chi connectivity index (χ1n) is 4.16. The highest BCUT2D eigenvalue weighted by Crippen LogP contribution is 2.43. The molecular weight excluding hydrogens is 172 g/mol. The minimum atomic E-state index is -0.368. The van der Waals surface area contributed by atoms with Crippen LogP contribution in [-0.2, 0) is 14.3 Å². The van der Waals surface area contributed by atoms with Crippen LogP contribution in [0.3, 0.4) is 0 Å². The maximum absolute atomic E-state index is 11.5. The molecule has 2 N–H and O–H groups in total. The van der Waals surface area contributed by atoms with Gasteiger partial charge < -0.3 is 4.74 Å². The minimum absolute atomic E-state index is 0.236. The van der Waals surface area contributed by atoms with Gasteiger partial charge in [-0.1, -0.05) is 12.2 Å². The molecule has 0 aromatic carbocycles. The van der Waals surface area contributed by atoms with Gasteiger partial charge in [0.15, 0.2) is 0 Å². The normalized spacial score (nSPS) is 46.4. The van der Waals surface area contributed by atoms with Crippen LogP contribution in [0.1, 0.15) is 0 Å². The van der Waals surface area contributed by atoms with Crippen LogP contribution in [0, 0.1) is 11.8 Å². The lowest BCUT2D eigenvalue weighted by Crippen LogP contribution is -2.39. The van der Waals surface area contributed by atoms with Crippen LogP contribution in [-0.4, -0.2) is 29.0 Å². The molecule has 2 saturated heterocycles. The van der Waals surface area contributed by atoms with Crippen LogP contribution in [0.2, 0.25) is 0 Å². The van der Waals surface area contributed by atoms with Crippen LogP contribution in [0.5, 0.6) is 0 Å². The van der Waals surface area contributed by atoms with Gasteiger partial charge >= 0.3 is 0 Å². The van der Waals surface area contributed by atoms with E-state index in [1.807, 2.05) is 12.2 Å². The molecule has 0 saturated carbocycles. The van der Waals surface area contributed by atoms with E-state index in [2.05, 4.69) is 0 Å². The Morgan fingerprint density at radius 2 is 1.62 bits per heavy atom. The van der Waals surface area contributed by atoms with Gasteiger partial charge in [0.25, 0.3) is 11.8 Å². The van der Waals surface area contributed by atoms with Crippen LogP contribution in [0.4, 0.5) is 0 Å². The summed E-state index contributed by atoms with van der Waals surface area (Å²) in [4.78, 5) is 22.9. The number of hydrogen-bond acceptors (Lipinski definition) is 4. The van der Waals surface area contributed by atoms with E-state index in [0.717, 1.165) is 5.01 Å². The second-order valence-electron chi connectivity index (χ2n) is 3.55. The number of imide groups is 1. The van der Waals surface area contributed by atoms with Crippen molar-refractivity contribution in [1.82, 2.24) is 5.01 Å². The van der Waals surface area contributed by atoms with Crippen LogP contribution >= 0.6 is 0 Å². The standard InChI is InChI=1S/C8H8N2O3/c9-10-7(11)5-3-1-2-4(13-3)6(5)8(10)12/h1-6H,9H2/t3-,4+,5-,6-/m1/s1. The summed E-state index contributed by atoms with van der Waals surface area (Å²) in [6.45, 7) is 0. The van der Waals surface area contributed by atoms with Crippen molar-refractivity contribution in [2.75, 3.05) is 0 Å². The number of nitrogens with zero attached hydrogens (tertiary/aromatic N) is 1. The zero-order valence-corrected chi connectivity index (χ0v) is 6.71. The minimum Gasteiger partial charge on any atom is -0.365 e. The molecule has 0 unspecified atom stereocenters. The van der Waals surface area contributed by atoms with Crippen molar-refractivity contribution < 1.29 is 14.3 Å². The number of nitrogens with two attached hydrogens (primary N) is 1. The molecule has 3 aliphatic rings. The third kappa shape index (κ3) is 0.653. The van der Waals surface area contributed by atoms with Crippen molar-refractivity contribution in [3.8, 4) is 0 Å². The Hall–Kier alpha value is -1.20. The fourth-order valence-electron chi connectivity index (χ4n) is 2.33. The van der Waals surface area contributed by atoms with Gasteiger partial charge in [-0.05, 0) is 0 Å². The van der Waals surface area contributed by atoms with Gasteiger partial charge in [-0.15, -0.1) is 0 Å². The summed E-state index contributed by atoms with van der Waals surface area (Å²) in [5, 5.41) is 0.727. The number of ether oxygens (including phenoxy) is 1. The fraction of sp³-hybridized carbons (Fsp3) is 0.500. The number of hydrogen-bond donors (Lipinski definition) is 1. The van der Waals surface area contributed by atoms with Gasteiger partial charge in [0.1, 0.15) is 0 Å². The SMILES string of the molecule is NN1C(=O)[C@H]2[C@H](C1=O)[C@H]1C=C[C@@H]2O1. The highest BCUT2D eigenvalue weighted by Gasteiger charge is 2.60. The summed E-state index contributed by atoms with van der Waals surface area (Å²) >= 11 is 0. The van der Waals surface area contributed by atoms with Crippen molar-refractivity contribution in [2.24, 2.45) is 17.7 Å². The summed E-state index contributed by atoms with van der Waals surface area (Å²) in [5.41, 5.74) is 0. The molecule has 2 fully saturated rings. The third-order valence-corrected chi connectivity index (χ3v) is 2.94. The molecule has 4 atom stereocenters. The number of amides is 2. The molecule has 2 bridgehead atoms. The van der Waals surface area contributed by atoms with Gasteiger partial charge in [0, 0.05) is 0 Å². The van der Waals surface area contributed by atoms with Crippen molar-refractivity contribution in [3.05, 3.63) is 12.2 Å². The molecule has 68 valence electrons. The zero-order chi connectivity index (χ0) is 9.16. The van der Waals surface area contributed by atoms with Crippen molar-refractivity contribution in [1.29, 1.82) is 0 Å². The predicted octanol–water partition coefficient (Wildman–Crippen LogP) is -1.20. The lowest BCUT2D eigenvalue weighted by atomic mass is 9.85. The van der Waals surface area contributed by atoms with Gasteiger partial charge in [-0.25, -0.2) is 10.9 Å². The summed E-state index contributed by atoms with van der Waals surface area (Å²) in [6, 6.07) is 0. The first-order valence-corrected chi connectivity index (χ1v) is 4.16. The smallest absolute Gasteiger partial charge is 0.250 e. The fourth-order valence-corrected chi connectivity index (χ4v) is 2.33. The second-order valence-corrected chi connectivity index (χ2v) is 3.55. The lowest BCUT2D eigenvalue weighted by molar-refractivity contribution is -0.142. The molecule has 5 heteroatoms. The highest BCUT2D eigenvalue weighted by atomic mass is 16.5. The Balaban J connectivity index is 2.08. The molecule has 0 spiro atoms. The number of fused-ring (bicyclic) bond motifs is 5. The maximum Gasteiger partial charge on any atom is 0.250 e. The maximum atomic E-state index is 11.5. The van der Waals surface area contributed by atoms with Crippen LogP contribution in [0.15, 0.2) is 12.2 Å². The van der Waals surface area contributed by atoms with Crippen LogP contribution < -0.4 is 5.84 Å². The Morgan fingerprint density at radius 1 is 1.15 bits per heavy atom.